The molecule has 0 spiro atoms. The molecular formula is C26H26N8O2. The SMILES string of the molecule is CCCn1c(=O)c2[nH]c(-c3cnn(CC#Cc4cccc(C(=O)NC(C)C)c4)c3)nc2n2ccnc12. The lowest BCUT2D eigenvalue weighted by molar-refractivity contribution is 0.0943. The number of hydrogen-bond acceptors (Lipinski definition) is 5. The van der Waals surface area contributed by atoms with Crippen molar-refractivity contribution in [3.05, 3.63) is 70.5 Å². The van der Waals surface area contributed by atoms with Crippen LogP contribution in [0.2, 0.25) is 0 Å². The molecular weight excluding hydrogens is 456 g/mol. The van der Waals surface area contributed by atoms with Crippen LogP contribution in [0.3, 0.4) is 0 Å². The number of rotatable bonds is 6. The van der Waals surface area contributed by atoms with Gasteiger partial charge in [0.25, 0.3) is 11.5 Å². The second kappa shape index (κ2) is 9.54. The number of fused-ring (bicyclic) bond motifs is 3. The van der Waals surface area contributed by atoms with Gasteiger partial charge in [-0.2, -0.15) is 5.10 Å². The van der Waals surface area contributed by atoms with Gasteiger partial charge in [-0.05, 0) is 38.5 Å². The number of carbonyl (C=O) groups is 1. The zero-order chi connectivity index (χ0) is 25.2. The van der Waals surface area contributed by atoms with Crippen LogP contribution in [0.4, 0.5) is 0 Å². The van der Waals surface area contributed by atoms with E-state index in [-0.39, 0.29) is 17.5 Å². The van der Waals surface area contributed by atoms with E-state index in [4.69, 9.17) is 0 Å². The maximum absolute atomic E-state index is 13.0. The summed E-state index contributed by atoms with van der Waals surface area (Å²) in [5.74, 6) is 7.18. The van der Waals surface area contributed by atoms with Crippen LogP contribution >= 0.6 is 0 Å². The van der Waals surface area contributed by atoms with Gasteiger partial charge in [0.15, 0.2) is 11.2 Å². The van der Waals surface area contributed by atoms with Crippen molar-refractivity contribution in [2.24, 2.45) is 0 Å². The summed E-state index contributed by atoms with van der Waals surface area (Å²) in [7, 11) is 0. The lowest BCUT2D eigenvalue weighted by Gasteiger charge is -2.08. The number of aromatic amines is 1. The number of carbonyl (C=O) groups excluding carboxylic acids is 1. The minimum atomic E-state index is -0.146. The largest absolute Gasteiger partial charge is 0.350 e. The van der Waals surface area contributed by atoms with Crippen molar-refractivity contribution in [2.45, 2.75) is 46.3 Å². The lowest BCUT2D eigenvalue weighted by Crippen LogP contribution is -2.30. The summed E-state index contributed by atoms with van der Waals surface area (Å²) in [5.41, 5.74) is 2.89. The zero-order valence-electron chi connectivity index (χ0n) is 20.3. The Kier molecular flexibility index (Phi) is 6.12. The smallest absolute Gasteiger partial charge is 0.280 e. The van der Waals surface area contributed by atoms with Crippen molar-refractivity contribution in [2.75, 3.05) is 0 Å². The molecule has 5 rings (SSSR count). The number of H-pyrrole nitrogens is 1. The Bertz CT molecular complexity index is 1690. The fraction of sp³-hybridized carbons (Fsp3) is 0.269. The molecule has 0 fully saturated rings. The van der Waals surface area contributed by atoms with Crippen LogP contribution in [0.15, 0.2) is 53.8 Å². The van der Waals surface area contributed by atoms with Crippen LogP contribution in [-0.2, 0) is 13.1 Å². The van der Waals surface area contributed by atoms with Crippen LogP contribution in [0.25, 0.3) is 28.3 Å². The summed E-state index contributed by atoms with van der Waals surface area (Å²) in [6, 6.07) is 7.29. The van der Waals surface area contributed by atoms with Crippen LogP contribution in [0.5, 0.6) is 0 Å². The van der Waals surface area contributed by atoms with Gasteiger partial charge < -0.3 is 10.3 Å². The monoisotopic (exact) mass is 482 g/mol. The molecule has 0 atom stereocenters. The molecule has 10 nitrogen and oxygen atoms in total. The van der Waals surface area contributed by atoms with E-state index in [1.165, 1.54) is 0 Å². The number of nitrogens with zero attached hydrogens (tertiary/aromatic N) is 6. The molecule has 0 unspecified atom stereocenters. The molecule has 0 aliphatic heterocycles. The highest BCUT2D eigenvalue weighted by atomic mass is 16.1. The molecule has 10 heteroatoms. The topological polar surface area (TPSA) is 115 Å². The number of amides is 1. The van der Waals surface area contributed by atoms with Crippen LogP contribution in [0.1, 0.15) is 43.1 Å². The minimum Gasteiger partial charge on any atom is -0.350 e. The van der Waals surface area contributed by atoms with E-state index in [2.05, 4.69) is 37.2 Å². The third-order valence-electron chi connectivity index (χ3n) is 5.61. The van der Waals surface area contributed by atoms with Gasteiger partial charge in [-0.25, -0.2) is 9.97 Å². The Morgan fingerprint density at radius 2 is 2.14 bits per heavy atom. The molecule has 0 saturated carbocycles. The summed E-state index contributed by atoms with van der Waals surface area (Å²) in [6.45, 7) is 6.80. The van der Waals surface area contributed by atoms with Crippen LogP contribution in [-0.4, -0.2) is 45.6 Å². The van der Waals surface area contributed by atoms with Gasteiger partial charge in [-0.15, -0.1) is 0 Å². The van der Waals surface area contributed by atoms with Crippen molar-refractivity contribution >= 4 is 22.8 Å². The molecule has 1 aromatic carbocycles. The summed E-state index contributed by atoms with van der Waals surface area (Å²) in [5, 5.41) is 7.26. The van der Waals surface area contributed by atoms with Gasteiger partial charge in [-0.3, -0.25) is 23.2 Å². The quantitative estimate of drug-likeness (QED) is 0.361. The van der Waals surface area contributed by atoms with Crippen LogP contribution in [0, 0.1) is 11.8 Å². The second-order valence-electron chi connectivity index (χ2n) is 8.78. The molecule has 0 saturated heterocycles. The second-order valence-corrected chi connectivity index (χ2v) is 8.78. The highest BCUT2D eigenvalue weighted by Gasteiger charge is 2.17. The van der Waals surface area contributed by atoms with Gasteiger partial charge in [-0.1, -0.05) is 24.8 Å². The van der Waals surface area contributed by atoms with E-state index in [0.29, 0.717) is 41.4 Å². The first-order chi connectivity index (χ1) is 17.4. The first-order valence-electron chi connectivity index (χ1n) is 11.8. The molecule has 0 bridgehead atoms. The highest BCUT2D eigenvalue weighted by molar-refractivity contribution is 5.94. The molecule has 1 amide bonds. The fourth-order valence-electron chi connectivity index (χ4n) is 4.01. The van der Waals surface area contributed by atoms with Crippen molar-refractivity contribution < 1.29 is 4.79 Å². The average Bonchev–Trinajstić information content (AvgIpc) is 3.60. The molecule has 5 aromatic rings. The average molecular weight is 483 g/mol. The van der Waals surface area contributed by atoms with Crippen molar-refractivity contribution in [3.63, 3.8) is 0 Å². The molecule has 36 heavy (non-hydrogen) atoms. The van der Waals surface area contributed by atoms with Gasteiger partial charge in [0.05, 0.1) is 11.8 Å². The van der Waals surface area contributed by atoms with Gasteiger partial charge in [0.2, 0.25) is 5.78 Å². The standard InChI is InChI=1S/C26H26N8O2/c1-4-11-34-25(36)21-23(33-13-10-27-26(33)34)31-22(30-21)20-15-28-32(16-20)12-6-8-18-7-5-9-19(14-18)24(35)29-17(2)3/h5,7,9-10,13-17H,4,11-12H2,1-3H3,(H,29,35)(H,30,31). The minimum absolute atomic E-state index is 0.0661. The molecule has 0 aliphatic rings. The molecule has 0 radical (unpaired) electrons. The van der Waals surface area contributed by atoms with E-state index >= 15 is 0 Å². The molecule has 2 N–H and O–H groups in total. The molecule has 182 valence electrons. The third-order valence-corrected chi connectivity index (χ3v) is 5.61. The molecule has 0 aliphatic carbocycles. The number of aromatic nitrogens is 7. The maximum atomic E-state index is 13.0. The first-order valence-corrected chi connectivity index (χ1v) is 11.8. The fourth-order valence-corrected chi connectivity index (χ4v) is 4.01. The first kappa shape index (κ1) is 23.1. The van der Waals surface area contributed by atoms with E-state index in [9.17, 15) is 9.59 Å². The van der Waals surface area contributed by atoms with Crippen molar-refractivity contribution in [3.8, 4) is 23.2 Å². The maximum Gasteiger partial charge on any atom is 0.280 e. The summed E-state index contributed by atoms with van der Waals surface area (Å²) in [4.78, 5) is 37.4. The van der Waals surface area contributed by atoms with E-state index in [0.717, 1.165) is 17.5 Å². The predicted octanol–water partition coefficient (Wildman–Crippen LogP) is 2.84. The highest BCUT2D eigenvalue weighted by Crippen LogP contribution is 2.19. The van der Waals surface area contributed by atoms with E-state index in [1.807, 2.05) is 43.5 Å². The van der Waals surface area contributed by atoms with Crippen molar-refractivity contribution in [1.82, 2.24) is 39.0 Å². The molecule has 4 aromatic heterocycles. The van der Waals surface area contributed by atoms with E-state index in [1.54, 1.807) is 40.0 Å². The normalized spacial score (nSPS) is 11.2. The molecule has 4 heterocycles. The Hall–Kier alpha value is -4.65. The number of benzene rings is 1. The Balaban J connectivity index is 1.38. The number of aryl methyl sites for hydroxylation is 1. The third kappa shape index (κ3) is 4.38. The number of nitrogens with one attached hydrogen (secondary N) is 2. The Morgan fingerprint density at radius 3 is 2.94 bits per heavy atom. The number of hydrogen-bond donors (Lipinski definition) is 2. The van der Waals surface area contributed by atoms with E-state index < -0.39 is 0 Å². The number of imidazole rings is 2. The predicted molar refractivity (Wildman–Crippen MR) is 137 cm³/mol. The Morgan fingerprint density at radius 1 is 1.28 bits per heavy atom. The van der Waals surface area contributed by atoms with Gasteiger partial charge >= 0.3 is 0 Å². The lowest BCUT2D eigenvalue weighted by atomic mass is 10.1. The van der Waals surface area contributed by atoms with Gasteiger partial charge in [0, 0.05) is 42.3 Å². The zero-order valence-corrected chi connectivity index (χ0v) is 20.3. The van der Waals surface area contributed by atoms with Gasteiger partial charge in [0.1, 0.15) is 12.4 Å². The van der Waals surface area contributed by atoms with Crippen molar-refractivity contribution in [1.29, 1.82) is 0 Å². The summed E-state index contributed by atoms with van der Waals surface area (Å²) in [6.07, 6.45) is 7.80. The summed E-state index contributed by atoms with van der Waals surface area (Å²) >= 11 is 0. The van der Waals surface area contributed by atoms with Crippen LogP contribution < -0.4 is 10.9 Å². The Labute approximate surface area is 207 Å². The summed E-state index contributed by atoms with van der Waals surface area (Å²) < 4.78 is 5.18.